The minimum atomic E-state index is -4.56. The fourth-order valence-electron chi connectivity index (χ4n) is 6.03. The third-order valence-corrected chi connectivity index (χ3v) is 8.72. The summed E-state index contributed by atoms with van der Waals surface area (Å²) >= 11 is 2.97. The van der Waals surface area contributed by atoms with Crippen LogP contribution in [0.4, 0.5) is 27.8 Å². The van der Waals surface area contributed by atoms with Gasteiger partial charge in [-0.25, -0.2) is 8.78 Å². The first-order chi connectivity index (χ1) is 19.5. The molecule has 6 nitrogen and oxygen atoms in total. The molecule has 1 aromatic heterocycles. The Labute approximate surface area is 244 Å². The van der Waals surface area contributed by atoms with Gasteiger partial charge in [-0.15, -0.1) is 0 Å². The molecule has 4 heterocycles. The van der Waals surface area contributed by atoms with E-state index in [1.165, 1.54) is 26.0 Å². The number of hydrogen-bond donors (Lipinski definition) is 0. The average Bonchev–Trinajstić information content (AvgIpc) is 3.62. The molecule has 0 amide bonds. The molecule has 3 aromatic rings. The lowest BCUT2D eigenvalue weighted by molar-refractivity contribution is -0.138. The first kappa shape index (κ1) is 29.9. The van der Waals surface area contributed by atoms with Crippen LogP contribution >= 0.6 is 15.9 Å². The van der Waals surface area contributed by atoms with E-state index in [0.717, 1.165) is 24.6 Å². The van der Waals surface area contributed by atoms with Gasteiger partial charge >= 0.3 is 12.2 Å². The molecule has 12 heteroatoms. The van der Waals surface area contributed by atoms with Crippen LogP contribution in [0.15, 0.2) is 46.9 Å². The van der Waals surface area contributed by atoms with Crippen LogP contribution in [0.1, 0.15) is 30.4 Å². The number of halogens is 6. The second kappa shape index (κ2) is 12.3. The van der Waals surface area contributed by atoms with Crippen LogP contribution in [0, 0.1) is 0 Å². The summed E-state index contributed by atoms with van der Waals surface area (Å²) in [4.78, 5) is 14.3. The molecule has 4 unspecified atom stereocenters. The number of likely N-dealkylation sites (N-methyl/N-ethyl adjacent to an activating group) is 1. The molecule has 0 N–H and O–H groups in total. The molecule has 222 valence electrons. The number of ether oxygens (including phenoxy) is 1. The summed E-state index contributed by atoms with van der Waals surface area (Å²) in [5, 5.41) is 0.178. The zero-order valence-electron chi connectivity index (χ0n) is 22.9. The van der Waals surface area contributed by atoms with Crippen LogP contribution in [0.2, 0.25) is 0 Å². The quantitative estimate of drug-likeness (QED) is 0.306. The largest absolute Gasteiger partial charge is 0.467 e. The Bertz CT molecular complexity index is 1330. The number of methoxy groups -OCH3 is 1. The van der Waals surface area contributed by atoms with Gasteiger partial charge in [-0.2, -0.15) is 23.1 Å². The number of likely N-dealkylation sites (tertiary alicyclic amines) is 1. The summed E-state index contributed by atoms with van der Waals surface area (Å²) in [6, 6.07) is 12.0. The number of aromatic nitrogens is 2. The number of alkyl halides is 5. The van der Waals surface area contributed by atoms with Crippen molar-refractivity contribution in [2.75, 3.05) is 45.2 Å². The van der Waals surface area contributed by atoms with Gasteiger partial charge in [0.25, 0.3) is 0 Å². The summed E-state index contributed by atoms with van der Waals surface area (Å²) < 4.78 is 73.2. The minimum Gasteiger partial charge on any atom is -0.467 e. The van der Waals surface area contributed by atoms with Crippen molar-refractivity contribution in [3.63, 3.8) is 0 Å². The highest BCUT2D eigenvalue weighted by Gasteiger charge is 2.38. The molecule has 0 saturated carbocycles. The van der Waals surface area contributed by atoms with E-state index in [1.54, 1.807) is 11.9 Å². The van der Waals surface area contributed by atoms with E-state index in [1.807, 2.05) is 35.2 Å². The highest BCUT2D eigenvalue weighted by molar-refractivity contribution is 9.10. The van der Waals surface area contributed by atoms with E-state index < -0.39 is 30.1 Å². The lowest BCUT2D eigenvalue weighted by atomic mass is 10.1. The Morgan fingerprint density at radius 1 is 1.07 bits per heavy atom. The van der Waals surface area contributed by atoms with Crippen molar-refractivity contribution in [3.05, 3.63) is 58.1 Å². The van der Waals surface area contributed by atoms with Gasteiger partial charge in [-0.1, -0.05) is 46.3 Å². The van der Waals surface area contributed by atoms with Gasteiger partial charge < -0.3 is 9.64 Å². The molecular formula is C29H33BrF5N5O. The van der Waals surface area contributed by atoms with Crippen molar-refractivity contribution in [2.24, 2.45) is 0 Å². The summed E-state index contributed by atoms with van der Waals surface area (Å²) in [5.41, 5.74) is 0.493. The minimum absolute atomic E-state index is 0.000514. The Hall–Kier alpha value is -2.57. The highest BCUT2D eigenvalue weighted by Crippen LogP contribution is 2.40. The van der Waals surface area contributed by atoms with E-state index in [-0.39, 0.29) is 33.7 Å². The van der Waals surface area contributed by atoms with Gasteiger partial charge in [0, 0.05) is 49.1 Å². The monoisotopic (exact) mass is 641 g/mol. The number of hydrogen-bond acceptors (Lipinski definition) is 6. The molecule has 6 rings (SSSR count). The second-order valence-corrected chi connectivity index (χ2v) is 11.7. The van der Waals surface area contributed by atoms with Gasteiger partial charge in [0.05, 0.1) is 24.2 Å². The van der Waals surface area contributed by atoms with Crippen molar-refractivity contribution in [1.82, 2.24) is 19.8 Å². The summed E-state index contributed by atoms with van der Waals surface area (Å²) in [7, 11) is 3.01. The SMILES string of the molecule is COc1nc(N(C)C2CN(Cc3ccccc3)CC2F)c2cc(C(F)(F)F)c(Br)cc2n1.FC1CC2CCCN2C1. The topological polar surface area (TPSA) is 44.7 Å². The molecule has 3 aliphatic heterocycles. The van der Waals surface area contributed by atoms with E-state index in [9.17, 15) is 17.6 Å². The second-order valence-electron chi connectivity index (χ2n) is 10.9. The van der Waals surface area contributed by atoms with E-state index in [4.69, 9.17) is 4.74 Å². The predicted octanol–water partition coefficient (Wildman–Crippen LogP) is 6.27. The maximum absolute atomic E-state index is 15.0. The van der Waals surface area contributed by atoms with Crippen LogP contribution in [0.3, 0.4) is 0 Å². The molecule has 0 aliphatic carbocycles. The van der Waals surface area contributed by atoms with Crippen molar-refractivity contribution < 1.29 is 26.7 Å². The zero-order chi connectivity index (χ0) is 29.3. The first-order valence-electron chi connectivity index (χ1n) is 13.7. The van der Waals surface area contributed by atoms with Crippen LogP contribution in [-0.4, -0.2) is 84.5 Å². The molecule has 4 atom stereocenters. The number of anilines is 1. The van der Waals surface area contributed by atoms with Gasteiger partial charge in [0.1, 0.15) is 18.2 Å². The smallest absolute Gasteiger partial charge is 0.417 e. The zero-order valence-corrected chi connectivity index (χ0v) is 24.5. The van der Waals surface area contributed by atoms with E-state index in [0.29, 0.717) is 25.7 Å². The maximum atomic E-state index is 15.0. The van der Waals surface area contributed by atoms with Gasteiger partial charge in [-0.3, -0.25) is 9.80 Å². The summed E-state index contributed by atoms with van der Waals surface area (Å²) in [6.45, 7) is 3.08. The van der Waals surface area contributed by atoms with Crippen LogP contribution in [0.25, 0.3) is 10.9 Å². The number of nitrogens with zero attached hydrogens (tertiary/aromatic N) is 5. The number of benzene rings is 2. The van der Waals surface area contributed by atoms with Crippen molar-refractivity contribution in [2.45, 2.75) is 56.4 Å². The Morgan fingerprint density at radius 3 is 2.51 bits per heavy atom. The third kappa shape index (κ3) is 6.75. The molecule has 0 spiro atoms. The normalized spacial score (nSPS) is 24.8. The maximum Gasteiger partial charge on any atom is 0.417 e. The van der Waals surface area contributed by atoms with Crippen molar-refractivity contribution >= 4 is 32.7 Å². The lowest BCUT2D eigenvalue weighted by Crippen LogP contribution is -2.40. The van der Waals surface area contributed by atoms with Crippen LogP contribution < -0.4 is 9.64 Å². The molecule has 41 heavy (non-hydrogen) atoms. The highest BCUT2D eigenvalue weighted by atomic mass is 79.9. The van der Waals surface area contributed by atoms with Crippen LogP contribution in [0.5, 0.6) is 6.01 Å². The van der Waals surface area contributed by atoms with Gasteiger partial charge in [-0.05, 0) is 43.5 Å². The first-order valence-corrected chi connectivity index (χ1v) is 14.5. The number of fused-ring (bicyclic) bond motifs is 2. The fourth-order valence-corrected chi connectivity index (χ4v) is 6.59. The molecule has 3 aliphatic rings. The number of rotatable bonds is 5. The van der Waals surface area contributed by atoms with Gasteiger partial charge in [0.2, 0.25) is 0 Å². The van der Waals surface area contributed by atoms with Gasteiger partial charge in [0.15, 0.2) is 0 Å². The van der Waals surface area contributed by atoms with Crippen molar-refractivity contribution in [1.29, 1.82) is 0 Å². The van der Waals surface area contributed by atoms with Crippen molar-refractivity contribution in [3.8, 4) is 6.01 Å². The lowest BCUT2D eigenvalue weighted by Gasteiger charge is -2.28. The standard InChI is InChI=1S/C22H21BrF4N4O.C7H12FN/c1-30(19-12-31(11-17(19)24)10-13-6-4-3-5-7-13)20-14-8-15(22(25,26)27)16(23)9-18(14)28-21(29-20)32-2;8-6-4-7-2-1-3-9(7)5-6/h3-9,17,19H,10-12H2,1-2H3;6-7H,1-5H2. The molecule has 3 fully saturated rings. The Kier molecular flexibility index (Phi) is 9.01. The molecule has 3 saturated heterocycles. The van der Waals surface area contributed by atoms with Crippen LogP contribution in [-0.2, 0) is 12.7 Å². The molecule has 0 radical (unpaired) electrons. The summed E-state index contributed by atoms with van der Waals surface area (Å²) in [5.74, 6) is 0.194. The Balaban J connectivity index is 0.000000315. The van der Waals surface area contributed by atoms with E-state index >= 15 is 4.39 Å². The summed E-state index contributed by atoms with van der Waals surface area (Å²) in [6.07, 6.45) is -2.95. The Morgan fingerprint density at radius 2 is 1.83 bits per heavy atom. The fraction of sp³-hybridized carbons (Fsp3) is 0.517. The molecule has 2 aromatic carbocycles. The molecular weight excluding hydrogens is 609 g/mol. The molecule has 0 bridgehead atoms. The van der Waals surface area contributed by atoms with E-state index in [2.05, 4.69) is 30.8 Å². The predicted molar refractivity (Wildman–Crippen MR) is 152 cm³/mol. The average molecular weight is 643 g/mol. The third-order valence-electron chi connectivity index (χ3n) is 8.07.